The van der Waals surface area contributed by atoms with Crippen LogP contribution < -0.4 is 5.32 Å². The van der Waals surface area contributed by atoms with E-state index in [9.17, 15) is 9.90 Å². The summed E-state index contributed by atoms with van der Waals surface area (Å²) in [6, 6.07) is 15.1. The zero-order chi connectivity index (χ0) is 22.3. The van der Waals surface area contributed by atoms with Gasteiger partial charge in [-0.15, -0.1) is 6.42 Å². The zero-order valence-corrected chi connectivity index (χ0v) is 17.9. The van der Waals surface area contributed by atoms with Crippen LogP contribution in [-0.2, 0) is 16.1 Å². The van der Waals surface area contributed by atoms with Crippen molar-refractivity contribution in [2.24, 2.45) is 0 Å². The van der Waals surface area contributed by atoms with E-state index in [0.717, 1.165) is 47.9 Å². The fourth-order valence-corrected chi connectivity index (χ4v) is 3.86. The number of aliphatic hydroxyl groups excluding tert-OH is 1. The topological polar surface area (TPSA) is 85.6 Å². The van der Waals surface area contributed by atoms with Crippen LogP contribution in [0.25, 0.3) is 10.9 Å². The monoisotopic (exact) mass is 433 g/mol. The minimum absolute atomic E-state index is 0.116. The van der Waals surface area contributed by atoms with Gasteiger partial charge in [0.25, 0.3) is 0 Å². The maximum atomic E-state index is 11.9. The molecule has 4 rings (SSSR count). The molecule has 1 aromatic heterocycles. The molecule has 7 heteroatoms. The van der Waals surface area contributed by atoms with Gasteiger partial charge in [-0.1, -0.05) is 36.4 Å². The van der Waals surface area contributed by atoms with Crippen LogP contribution in [0.1, 0.15) is 54.8 Å². The van der Waals surface area contributed by atoms with Crippen LogP contribution in [0.15, 0.2) is 48.5 Å². The number of carbonyl (C=O) groups excluding carboxylic acids is 1. The van der Waals surface area contributed by atoms with E-state index in [4.69, 9.17) is 15.9 Å². The number of alkyl carbamates (subject to hydrolysis) is 1. The van der Waals surface area contributed by atoms with Gasteiger partial charge < -0.3 is 19.9 Å². The third-order valence-corrected chi connectivity index (χ3v) is 5.58. The van der Waals surface area contributed by atoms with Crippen molar-refractivity contribution in [1.29, 1.82) is 0 Å². The summed E-state index contributed by atoms with van der Waals surface area (Å²) < 4.78 is 12.9. The van der Waals surface area contributed by atoms with Crippen LogP contribution in [0.4, 0.5) is 4.79 Å². The van der Waals surface area contributed by atoms with E-state index in [-0.39, 0.29) is 19.4 Å². The third-order valence-electron chi connectivity index (χ3n) is 5.58. The maximum absolute atomic E-state index is 11.9. The molecule has 2 N–H and O–H groups in total. The Labute approximate surface area is 187 Å². The summed E-state index contributed by atoms with van der Waals surface area (Å²) in [5, 5.41) is 18.7. The van der Waals surface area contributed by atoms with E-state index in [0.29, 0.717) is 12.1 Å². The lowest BCUT2D eigenvalue weighted by molar-refractivity contribution is -0.0367. The Balaban J connectivity index is 1.35. The predicted octanol–water partition coefficient (Wildman–Crippen LogP) is 4.07. The Hall–Kier alpha value is -3.34. The Morgan fingerprint density at radius 3 is 2.91 bits per heavy atom. The normalized spacial score (nSPS) is 16.9. The first-order valence-corrected chi connectivity index (χ1v) is 10.9. The van der Waals surface area contributed by atoms with E-state index in [1.807, 2.05) is 53.2 Å². The first-order chi connectivity index (χ1) is 15.7. The van der Waals surface area contributed by atoms with Gasteiger partial charge in [-0.3, -0.25) is 0 Å². The molecule has 1 saturated heterocycles. The van der Waals surface area contributed by atoms with Gasteiger partial charge in [0.2, 0.25) is 0 Å². The molecular weight excluding hydrogens is 406 g/mol. The molecule has 1 aliphatic rings. The zero-order valence-electron chi connectivity index (χ0n) is 17.9. The van der Waals surface area contributed by atoms with E-state index < -0.39 is 12.2 Å². The molecule has 1 amide bonds. The van der Waals surface area contributed by atoms with Gasteiger partial charge in [-0.2, -0.15) is 5.10 Å². The molecule has 0 saturated carbocycles. The average molecular weight is 434 g/mol. The summed E-state index contributed by atoms with van der Waals surface area (Å²) in [4.78, 5) is 11.9. The van der Waals surface area contributed by atoms with Crippen molar-refractivity contribution in [2.75, 3.05) is 13.2 Å². The number of nitrogens with one attached hydrogen (secondary N) is 1. The number of ether oxygens (including phenoxy) is 2. The van der Waals surface area contributed by atoms with Crippen molar-refractivity contribution >= 4 is 17.0 Å². The molecule has 2 atom stereocenters. The molecule has 1 aliphatic heterocycles. The van der Waals surface area contributed by atoms with E-state index in [1.165, 1.54) is 0 Å². The first kappa shape index (κ1) is 21.9. The number of rotatable bonds is 7. The van der Waals surface area contributed by atoms with Crippen molar-refractivity contribution in [3.63, 3.8) is 0 Å². The van der Waals surface area contributed by atoms with Crippen LogP contribution in [-0.4, -0.2) is 34.1 Å². The van der Waals surface area contributed by atoms with Gasteiger partial charge in [0.15, 0.2) is 6.23 Å². The van der Waals surface area contributed by atoms with Gasteiger partial charge >= 0.3 is 6.09 Å². The second kappa shape index (κ2) is 10.3. The third kappa shape index (κ3) is 5.10. The van der Waals surface area contributed by atoms with E-state index in [2.05, 4.69) is 16.3 Å². The van der Waals surface area contributed by atoms with Crippen LogP contribution >= 0.6 is 0 Å². The SMILES string of the molecule is C#Cc1nn(C2CCCCO2)c2ccc(C(O)CCNC(=O)OCc3ccccc3)cc12. The molecule has 1 fully saturated rings. The number of aromatic nitrogens is 2. The maximum Gasteiger partial charge on any atom is 0.407 e. The largest absolute Gasteiger partial charge is 0.445 e. The van der Waals surface area contributed by atoms with Crippen LogP contribution in [0.2, 0.25) is 0 Å². The van der Waals surface area contributed by atoms with Crippen molar-refractivity contribution in [3.8, 4) is 12.3 Å². The molecule has 166 valence electrons. The van der Waals surface area contributed by atoms with Gasteiger partial charge in [0, 0.05) is 18.5 Å². The smallest absolute Gasteiger partial charge is 0.407 e. The van der Waals surface area contributed by atoms with E-state index >= 15 is 0 Å². The summed E-state index contributed by atoms with van der Waals surface area (Å²) in [5.74, 6) is 2.64. The minimum Gasteiger partial charge on any atom is -0.445 e. The Kier molecular flexibility index (Phi) is 7.05. The standard InChI is InChI=1S/C25H27N3O4/c1-2-21-20-16-19(11-12-22(20)28(27-21)24-10-6-7-15-31-24)23(29)13-14-26-25(30)32-17-18-8-4-3-5-9-18/h1,3-5,8-9,11-12,16,23-24,29H,6-7,10,13-15,17H2,(H,26,30). The highest BCUT2D eigenvalue weighted by molar-refractivity contribution is 5.85. The van der Waals surface area contributed by atoms with Gasteiger partial charge in [0.1, 0.15) is 12.3 Å². The van der Waals surface area contributed by atoms with Crippen molar-refractivity contribution in [2.45, 2.75) is 44.6 Å². The molecule has 0 radical (unpaired) electrons. The average Bonchev–Trinajstić information content (AvgIpc) is 3.22. The van der Waals surface area contributed by atoms with Crippen molar-refractivity contribution in [3.05, 3.63) is 65.4 Å². The second-order valence-corrected chi connectivity index (χ2v) is 7.83. The minimum atomic E-state index is -0.756. The number of carbonyl (C=O) groups is 1. The molecule has 0 spiro atoms. The number of terminal acetylenes is 1. The fraction of sp³-hybridized carbons (Fsp3) is 0.360. The summed E-state index contributed by atoms with van der Waals surface area (Å²) >= 11 is 0. The van der Waals surface area contributed by atoms with Gasteiger partial charge in [-0.25, -0.2) is 9.48 Å². The number of aliphatic hydroxyl groups is 1. The molecule has 32 heavy (non-hydrogen) atoms. The van der Waals surface area contributed by atoms with E-state index in [1.54, 1.807) is 0 Å². The lowest BCUT2D eigenvalue weighted by Gasteiger charge is -2.23. The summed E-state index contributed by atoms with van der Waals surface area (Å²) in [5.41, 5.74) is 3.06. The van der Waals surface area contributed by atoms with Crippen molar-refractivity contribution in [1.82, 2.24) is 15.1 Å². The fourth-order valence-electron chi connectivity index (χ4n) is 3.86. The molecule has 2 unspecified atom stereocenters. The Morgan fingerprint density at radius 2 is 2.16 bits per heavy atom. The Bertz CT molecular complexity index is 1100. The number of benzene rings is 2. The highest BCUT2D eigenvalue weighted by Crippen LogP contribution is 2.30. The van der Waals surface area contributed by atoms with Crippen LogP contribution in [0.3, 0.4) is 0 Å². The lowest BCUT2D eigenvalue weighted by atomic mass is 10.0. The molecular formula is C25H27N3O4. The molecule has 7 nitrogen and oxygen atoms in total. The van der Waals surface area contributed by atoms with Gasteiger partial charge in [0.05, 0.1) is 11.6 Å². The molecule has 2 aromatic carbocycles. The molecule has 3 aromatic rings. The number of hydrogen-bond donors (Lipinski definition) is 2. The first-order valence-electron chi connectivity index (χ1n) is 10.9. The highest BCUT2D eigenvalue weighted by atomic mass is 16.5. The summed E-state index contributed by atoms with van der Waals surface area (Å²) in [6.45, 7) is 1.20. The van der Waals surface area contributed by atoms with Crippen LogP contribution in [0, 0.1) is 12.3 Å². The summed E-state index contributed by atoms with van der Waals surface area (Å²) in [7, 11) is 0. The Morgan fingerprint density at radius 1 is 1.31 bits per heavy atom. The molecule has 0 bridgehead atoms. The molecule has 2 heterocycles. The number of hydrogen-bond acceptors (Lipinski definition) is 5. The second-order valence-electron chi connectivity index (χ2n) is 7.83. The summed E-state index contributed by atoms with van der Waals surface area (Å²) in [6.07, 6.45) is 7.69. The predicted molar refractivity (Wildman–Crippen MR) is 121 cm³/mol. The highest BCUT2D eigenvalue weighted by Gasteiger charge is 2.21. The number of nitrogens with zero attached hydrogens (tertiary/aromatic N) is 2. The number of fused-ring (bicyclic) bond motifs is 1. The quantitative estimate of drug-likeness (QED) is 0.549. The molecule has 0 aliphatic carbocycles. The lowest BCUT2D eigenvalue weighted by Crippen LogP contribution is -2.26. The van der Waals surface area contributed by atoms with Gasteiger partial charge in [-0.05, 0) is 54.9 Å². The number of amides is 1. The van der Waals surface area contributed by atoms with Crippen molar-refractivity contribution < 1.29 is 19.4 Å². The van der Waals surface area contributed by atoms with Crippen LogP contribution in [0.5, 0.6) is 0 Å².